The van der Waals surface area contributed by atoms with Gasteiger partial charge in [0.25, 0.3) is 5.56 Å². The molecule has 0 aliphatic heterocycles. The summed E-state index contributed by atoms with van der Waals surface area (Å²) in [6, 6.07) is 1.37. The number of aromatic amines is 1. The van der Waals surface area contributed by atoms with E-state index in [1.807, 2.05) is 0 Å². The van der Waals surface area contributed by atoms with Gasteiger partial charge in [-0.3, -0.25) is 14.3 Å². The SMILES string of the molecule is O=c1ccn([C@@H]2CCC[C@@H]2CO)c(=O)[nH]1. The molecule has 2 atom stereocenters. The van der Waals surface area contributed by atoms with Gasteiger partial charge in [0.05, 0.1) is 0 Å². The molecule has 2 rings (SSSR count). The van der Waals surface area contributed by atoms with E-state index in [2.05, 4.69) is 4.98 Å². The lowest BCUT2D eigenvalue weighted by Crippen LogP contribution is -2.33. The van der Waals surface area contributed by atoms with Crippen LogP contribution in [0.4, 0.5) is 0 Å². The van der Waals surface area contributed by atoms with Crippen LogP contribution in [0.1, 0.15) is 25.3 Å². The minimum absolute atomic E-state index is 0.0272. The molecule has 0 radical (unpaired) electrons. The van der Waals surface area contributed by atoms with Crippen LogP contribution in [-0.2, 0) is 0 Å². The fourth-order valence-electron chi connectivity index (χ4n) is 2.28. The Kier molecular flexibility index (Phi) is 2.73. The normalized spacial score (nSPS) is 25.7. The molecule has 82 valence electrons. The summed E-state index contributed by atoms with van der Waals surface area (Å²) in [6.45, 7) is 0.0935. The summed E-state index contributed by atoms with van der Waals surface area (Å²) >= 11 is 0. The molecule has 2 N–H and O–H groups in total. The van der Waals surface area contributed by atoms with E-state index in [4.69, 9.17) is 5.11 Å². The van der Waals surface area contributed by atoms with E-state index in [1.54, 1.807) is 0 Å². The molecule has 1 aliphatic carbocycles. The molecule has 1 heterocycles. The van der Waals surface area contributed by atoms with Gasteiger partial charge in [-0.15, -0.1) is 0 Å². The number of hydrogen-bond acceptors (Lipinski definition) is 3. The summed E-state index contributed by atoms with van der Waals surface area (Å²) in [6.07, 6.45) is 4.35. The molecule has 1 aliphatic rings. The van der Waals surface area contributed by atoms with Crippen molar-refractivity contribution in [2.75, 3.05) is 6.61 Å². The van der Waals surface area contributed by atoms with Crippen molar-refractivity contribution in [1.82, 2.24) is 9.55 Å². The number of aromatic nitrogens is 2. The summed E-state index contributed by atoms with van der Waals surface area (Å²) in [5.41, 5.74) is -0.761. The molecule has 1 aromatic rings. The van der Waals surface area contributed by atoms with Crippen LogP contribution in [0.15, 0.2) is 21.9 Å². The third-order valence-electron chi connectivity index (χ3n) is 3.06. The van der Waals surface area contributed by atoms with E-state index in [-0.39, 0.29) is 29.8 Å². The first-order chi connectivity index (χ1) is 7.22. The zero-order valence-electron chi connectivity index (χ0n) is 8.35. The first-order valence-corrected chi connectivity index (χ1v) is 5.14. The van der Waals surface area contributed by atoms with Crippen molar-refractivity contribution in [2.45, 2.75) is 25.3 Å². The third kappa shape index (κ3) is 1.87. The van der Waals surface area contributed by atoms with Crippen LogP contribution in [0.5, 0.6) is 0 Å². The molecular formula is C10H14N2O3. The van der Waals surface area contributed by atoms with Crippen LogP contribution in [0.25, 0.3) is 0 Å². The number of nitrogens with one attached hydrogen (secondary N) is 1. The highest BCUT2D eigenvalue weighted by atomic mass is 16.3. The molecule has 0 bridgehead atoms. The molecule has 0 spiro atoms. The first kappa shape index (κ1) is 10.2. The van der Waals surface area contributed by atoms with Crippen LogP contribution >= 0.6 is 0 Å². The van der Waals surface area contributed by atoms with Crippen molar-refractivity contribution < 1.29 is 5.11 Å². The minimum atomic E-state index is -0.382. The van der Waals surface area contributed by atoms with Gasteiger partial charge >= 0.3 is 5.69 Å². The third-order valence-corrected chi connectivity index (χ3v) is 3.06. The van der Waals surface area contributed by atoms with Gasteiger partial charge in [-0.2, -0.15) is 0 Å². The average Bonchev–Trinajstić information content (AvgIpc) is 2.65. The molecule has 15 heavy (non-hydrogen) atoms. The van der Waals surface area contributed by atoms with Crippen LogP contribution in [-0.4, -0.2) is 21.3 Å². The quantitative estimate of drug-likeness (QED) is 0.714. The predicted octanol–water partition coefficient (Wildman–Crippen LogP) is -0.130. The first-order valence-electron chi connectivity index (χ1n) is 5.14. The topological polar surface area (TPSA) is 75.1 Å². The predicted molar refractivity (Wildman–Crippen MR) is 54.8 cm³/mol. The molecule has 1 aromatic heterocycles. The largest absolute Gasteiger partial charge is 0.396 e. The standard InChI is InChI=1S/C10H14N2O3/c13-6-7-2-1-3-8(7)12-5-4-9(14)11-10(12)15/h4-5,7-8,13H,1-3,6H2,(H,11,14,15)/t7-,8-/m1/s1. The minimum Gasteiger partial charge on any atom is -0.396 e. The number of nitrogens with zero attached hydrogens (tertiary/aromatic N) is 1. The monoisotopic (exact) mass is 210 g/mol. The van der Waals surface area contributed by atoms with E-state index >= 15 is 0 Å². The second kappa shape index (κ2) is 4.02. The zero-order chi connectivity index (χ0) is 10.8. The number of H-pyrrole nitrogens is 1. The Labute approximate surface area is 86.4 Å². The Hall–Kier alpha value is -1.36. The highest BCUT2D eigenvalue weighted by Crippen LogP contribution is 2.33. The summed E-state index contributed by atoms with van der Waals surface area (Å²) in [7, 11) is 0. The number of hydrogen-bond donors (Lipinski definition) is 2. The molecule has 1 fully saturated rings. The maximum atomic E-state index is 11.5. The highest BCUT2D eigenvalue weighted by molar-refractivity contribution is 4.90. The molecule has 5 nitrogen and oxygen atoms in total. The lowest BCUT2D eigenvalue weighted by molar-refractivity contribution is 0.193. The number of aliphatic hydroxyl groups is 1. The van der Waals surface area contributed by atoms with Crippen molar-refractivity contribution in [3.05, 3.63) is 33.1 Å². The van der Waals surface area contributed by atoms with Crippen molar-refractivity contribution >= 4 is 0 Å². The molecule has 0 saturated heterocycles. The van der Waals surface area contributed by atoms with Gasteiger partial charge in [-0.05, 0) is 12.8 Å². The highest BCUT2D eigenvalue weighted by Gasteiger charge is 2.28. The summed E-state index contributed by atoms with van der Waals surface area (Å²) in [5.74, 6) is 0.133. The van der Waals surface area contributed by atoms with Gasteiger partial charge in [0, 0.05) is 30.8 Å². The maximum absolute atomic E-state index is 11.5. The molecule has 5 heteroatoms. The van der Waals surface area contributed by atoms with Crippen molar-refractivity contribution in [2.24, 2.45) is 5.92 Å². The number of aliphatic hydroxyl groups excluding tert-OH is 1. The van der Waals surface area contributed by atoms with E-state index in [1.165, 1.54) is 16.8 Å². The van der Waals surface area contributed by atoms with Gasteiger partial charge in [0.15, 0.2) is 0 Å². The van der Waals surface area contributed by atoms with Crippen molar-refractivity contribution in [3.63, 3.8) is 0 Å². The summed E-state index contributed by atoms with van der Waals surface area (Å²) < 4.78 is 1.52. The van der Waals surface area contributed by atoms with E-state index < -0.39 is 0 Å². The second-order valence-electron chi connectivity index (χ2n) is 3.96. The van der Waals surface area contributed by atoms with Crippen molar-refractivity contribution in [3.8, 4) is 0 Å². The van der Waals surface area contributed by atoms with E-state index in [0.717, 1.165) is 19.3 Å². The summed E-state index contributed by atoms with van der Waals surface area (Å²) in [5, 5.41) is 9.16. The Balaban J connectivity index is 2.37. The van der Waals surface area contributed by atoms with E-state index in [0.29, 0.717) is 0 Å². The molecule has 0 unspecified atom stereocenters. The maximum Gasteiger partial charge on any atom is 0.328 e. The van der Waals surface area contributed by atoms with Gasteiger partial charge in [-0.25, -0.2) is 4.79 Å². The van der Waals surface area contributed by atoms with Gasteiger partial charge in [-0.1, -0.05) is 6.42 Å². The van der Waals surface area contributed by atoms with Crippen LogP contribution in [0.2, 0.25) is 0 Å². The molecule has 1 saturated carbocycles. The Morgan fingerprint density at radius 2 is 2.27 bits per heavy atom. The fraction of sp³-hybridized carbons (Fsp3) is 0.600. The smallest absolute Gasteiger partial charge is 0.328 e. The van der Waals surface area contributed by atoms with E-state index in [9.17, 15) is 9.59 Å². The van der Waals surface area contributed by atoms with Crippen LogP contribution < -0.4 is 11.2 Å². The number of rotatable bonds is 2. The average molecular weight is 210 g/mol. The van der Waals surface area contributed by atoms with Gasteiger partial charge < -0.3 is 5.11 Å². The van der Waals surface area contributed by atoms with Gasteiger partial charge in [0.2, 0.25) is 0 Å². The lowest BCUT2D eigenvalue weighted by Gasteiger charge is -2.19. The Morgan fingerprint density at radius 3 is 2.93 bits per heavy atom. The molecule has 0 aromatic carbocycles. The van der Waals surface area contributed by atoms with Crippen molar-refractivity contribution in [1.29, 1.82) is 0 Å². The fourth-order valence-corrected chi connectivity index (χ4v) is 2.28. The van der Waals surface area contributed by atoms with Crippen LogP contribution in [0.3, 0.4) is 0 Å². The second-order valence-corrected chi connectivity index (χ2v) is 3.96. The zero-order valence-corrected chi connectivity index (χ0v) is 8.35. The Bertz CT molecular complexity index is 448. The lowest BCUT2D eigenvalue weighted by atomic mass is 10.1. The summed E-state index contributed by atoms with van der Waals surface area (Å²) in [4.78, 5) is 24.6. The van der Waals surface area contributed by atoms with Gasteiger partial charge in [0.1, 0.15) is 0 Å². The Morgan fingerprint density at radius 1 is 1.47 bits per heavy atom. The molecule has 0 amide bonds. The van der Waals surface area contributed by atoms with Crippen LogP contribution in [0, 0.1) is 5.92 Å². The molecular weight excluding hydrogens is 196 g/mol.